The fourth-order valence-electron chi connectivity index (χ4n) is 2.17. The summed E-state index contributed by atoms with van der Waals surface area (Å²) in [5, 5.41) is 19.1. The molecule has 0 aromatic carbocycles. The summed E-state index contributed by atoms with van der Waals surface area (Å²) in [6.07, 6.45) is 0.0811. The molecule has 15 heavy (non-hydrogen) atoms. The molecule has 2 rings (SSSR count). The first kappa shape index (κ1) is 11.4. The number of aliphatic hydroxyl groups excluding tert-OH is 1. The molecule has 2 saturated heterocycles. The minimum Gasteiger partial charge on any atom is -0.396 e. The van der Waals surface area contributed by atoms with Gasteiger partial charge in [0.1, 0.15) is 32.4 Å². The first-order valence-corrected chi connectivity index (χ1v) is 5.12. The molecule has 0 bridgehead atoms. The lowest BCUT2D eigenvalue weighted by Crippen LogP contribution is -2.52. The van der Waals surface area contributed by atoms with Crippen molar-refractivity contribution < 1.29 is 24.4 Å². The monoisotopic (exact) mass is 214 g/mol. The van der Waals surface area contributed by atoms with Gasteiger partial charge in [-0.2, -0.15) is 0 Å². The Kier molecular flexibility index (Phi) is 3.32. The Labute approximate surface area is 89.7 Å². The van der Waals surface area contributed by atoms with Gasteiger partial charge in [-0.15, -0.1) is 0 Å². The Morgan fingerprint density at radius 2 is 2.27 bits per heavy atom. The number of aliphatic hydroxyl groups is 2. The third-order valence-electron chi connectivity index (χ3n) is 2.99. The predicted octanol–water partition coefficient (Wildman–Crippen LogP) is -1.24. The summed E-state index contributed by atoms with van der Waals surface area (Å²) in [6, 6.07) is -0.777. The fraction of sp³-hybridized carbons (Fsp3) is 1.00. The lowest BCUT2D eigenvalue weighted by molar-refractivity contribution is -0.204. The molecule has 2 heterocycles. The van der Waals surface area contributed by atoms with Crippen LogP contribution in [0.25, 0.3) is 0 Å². The van der Waals surface area contributed by atoms with Crippen LogP contribution in [0.5, 0.6) is 0 Å². The zero-order valence-electron chi connectivity index (χ0n) is 8.46. The molecular weight excluding hydrogens is 199 g/mol. The molecule has 84 valence electrons. The van der Waals surface area contributed by atoms with Crippen molar-refractivity contribution in [1.82, 2.24) is 0 Å². The zero-order valence-corrected chi connectivity index (χ0v) is 8.46. The van der Waals surface area contributed by atoms with Crippen LogP contribution in [0.2, 0.25) is 0 Å². The molecule has 2 aliphatic heterocycles. The van der Waals surface area contributed by atoms with Crippen molar-refractivity contribution in [2.24, 2.45) is 0 Å². The Morgan fingerprint density at radius 3 is 3.00 bits per heavy atom. The largest absolute Gasteiger partial charge is 0.396 e. The molecule has 5 nitrogen and oxygen atoms in total. The van der Waals surface area contributed by atoms with E-state index in [2.05, 4.69) is 0 Å². The molecule has 2 aliphatic rings. The van der Waals surface area contributed by atoms with Crippen LogP contribution in [-0.4, -0.2) is 61.9 Å². The highest BCUT2D eigenvalue weighted by Gasteiger charge is 2.54. The topological polar surface area (TPSA) is 68.2 Å². The standard InChI is InChI=1S/C9H15BO5/c10-8-9(12,2-1-3-11)7-6(15-8)4-13-5-14-7/h6-8,11-12H,1-5H2/t6?,7-,8?,9-/m1/s1. The molecule has 2 fully saturated rings. The molecule has 0 spiro atoms. The van der Waals surface area contributed by atoms with E-state index in [4.69, 9.17) is 27.2 Å². The number of hydrogen-bond donors (Lipinski definition) is 2. The third kappa shape index (κ3) is 1.92. The molecule has 0 saturated carbocycles. The minimum absolute atomic E-state index is 0.0168. The van der Waals surface area contributed by atoms with Crippen LogP contribution in [0.4, 0.5) is 0 Å². The highest BCUT2D eigenvalue weighted by atomic mass is 16.7. The van der Waals surface area contributed by atoms with Crippen LogP contribution in [0, 0.1) is 0 Å². The maximum atomic E-state index is 10.3. The molecule has 2 radical (unpaired) electrons. The SMILES string of the molecule is [B]C1OC2COCO[C@H]2[C@]1(O)CCCO. The second kappa shape index (κ2) is 4.39. The van der Waals surface area contributed by atoms with Crippen LogP contribution >= 0.6 is 0 Å². The molecule has 0 aromatic rings. The van der Waals surface area contributed by atoms with Gasteiger partial charge in [0.2, 0.25) is 0 Å². The van der Waals surface area contributed by atoms with E-state index in [-0.39, 0.29) is 19.5 Å². The minimum atomic E-state index is -1.21. The maximum absolute atomic E-state index is 10.3. The molecule has 0 amide bonds. The molecule has 6 heteroatoms. The molecule has 0 aliphatic carbocycles. The van der Waals surface area contributed by atoms with E-state index < -0.39 is 17.7 Å². The number of ether oxygens (including phenoxy) is 3. The zero-order chi connectivity index (χ0) is 10.9. The predicted molar refractivity (Wildman–Crippen MR) is 51.4 cm³/mol. The Hall–Kier alpha value is -0.135. The van der Waals surface area contributed by atoms with Crippen LogP contribution < -0.4 is 0 Å². The van der Waals surface area contributed by atoms with E-state index >= 15 is 0 Å². The van der Waals surface area contributed by atoms with Crippen LogP contribution in [-0.2, 0) is 14.2 Å². The van der Waals surface area contributed by atoms with Gasteiger partial charge in [-0.1, -0.05) is 0 Å². The van der Waals surface area contributed by atoms with Crippen LogP contribution in [0.15, 0.2) is 0 Å². The molecule has 2 unspecified atom stereocenters. The van der Waals surface area contributed by atoms with Gasteiger partial charge < -0.3 is 24.4 Å². The van der Waals surface area contributed by atoms with Gasteiger partial charge >= 0.3 is 0 Å². The van der Waals surface area contributed by atoms with Crippen molar-refractivity contribution >= 4 is 7.85 Å². The Bertz CT molecular complexity index is 227. The average molecular weight is 214 g/mol. The highest BCUT2D eigenvalue weighted by molar-refractivity contribution is 6.12. The first-order chi connectivity index (χ1) is 7.18. The van der Waals surface area contributed by atoms with Crippen LogP contribution in [0.3, 0.4) is 0 Å². The van der Waals surface area contributed by atoms with Gasteiger partial charge in [0.25, 0.3) is 0 Å². The van der Waals surface area contributed by atoms with Gasteiger partial charge in [-0.3, -0.25) is 0 Å². The quantitative estimate of drug-likeness (QED) is 0.575. The summed E-state index contributed by atoms with van der Waals surface area (Å²) < 4.78 is 15.8. The fourth-order valence-corrected chi connectivity index (χ4v) is 2.17. The summed E-state index contributed by atoms with van der Waals surface area (Å²) in [6.45, 7) is 0.557. The van der Waals surface area contributed by atoms with Gasteiger partial charge in [0.05, 0.1) is 6.61 Å². The van der Waals surface area contributed by atoms with Gasteiger partial charge in [-0.05, 0) is 12.8 Å². The van der Waals surface area contributed by atoms with Crippen molar-refractivity contribution in [1.29, 1.82) is 0 Å². The van der Waals surface area contributed by atoms with Crippen LogP contribution in [0.1, 0.15) is 12.8 Å². The Morgan fingerprint density at radius 1 is 1.47 bits per heavy atom. The van der Waals surface area contributed by atoms with E-state index in [1.54, 1.807) is 0 Å². The lowest BCUT2D eigenvalue weighted by Gasteiger charge is -2.34. The number of fused-ring (bicyclic) bond motifs is 1. The van der Waals surface area contributed by atoms with Gasteiger partial charge in [-0.25, -0.2) is 0 Å². The highest BCUT2D eigenvalue weighted by Crippen LogP contribution is 2.37. The Balaban J connectivity index is 2.07. The van der Waals surface area contributed by atoms with Crippen molar-refractivity contribution in [2.45, 2.75) is 36.7 Å². The average Bonchev–Trinajstić information content (AvgIpc) is 2.50. The lowest BCUT2D eigenvalue weighted by atomic mass is 9.77. The summed E-state index contributed by atoms with van der Waals surface area (Å²) >= 11 is 0. The summed E-state index contributed by atoms with van der Waals surface area (Å²) in [7, 11) is 5.72. The van der Waals surface area contributed by atoms with Gasteiger partial charge in [0.15, 0.2) is 0 Å². The normalized spacial score (nSPS) is 45.3. The molecule has 2 N–H and O–H groups in total. The second-order valence-corrected chi connectivity index (χ2v) is 3.99. The van der Waals surface area contributed by atoms with E-state index in [1.165, 1.54) is 0 Å². The van der Waals surface area contributed by atoms with Gasteiger partial charge in [0, 0.05) is 12.6 Å². The smallest absolute Gasteiger partial charge is 0.147 e. The number of rotatable bonds is 3. The van der Waals surface area contributed by atoms with E-state index in [1.807, 2.05) is 0 Å². The van der Waals surface area contributed by atoms with E-state index in [9.17, 15) is 5.11 Å². The maximum Gasteiger partial charge on any atom is 0.147 e. The molecule has 4 atom stereocenters. The summed E-state index contributed by atoms with van der Waals surface area (Å²) in [5.41, 5.74) is -1.21. The summed E-state index contributed by atoms with van der Waals surface area (Å²) in [4.78, 5) is 0. The van der Waals surface area contributed by atoms with E-state index in [0.29, 0.717) is 19.4 Å². The molecular formula is C9H15BO5. The van der Waals surface area contributed by atoms with E-state index in [0.717, 1.165) is 0 Å². The number of hydrogen-bond acceptors (Lipinski definition) is 5. The molecule has 0 aromatic heterocycles. The third-order valence-corrected chi connectivity index (χ3v) is 2.99. The van der Waals surface area contributed by atoms with Crippen molar-refractivity contribution in [2.75, 3.05) is 20.0 Å². The van der Waals surface area contributed by atoms with Crippen molar-refractivity contribution in [3.05, 3.63) is 0 Å². The summed E-state index contributed by atoms with van der Waals surface area (Å²) in [5.74, 6) is 0. The second-order valence-electron chi connectivity index (χ2n) is 3.99. The van der Waals surface area contributed by atoms with Crippen molar-refractivity contribution in [3.8, 4) is 0 Å². The first-order valence-electron chi connectivity index (χ1n) is 5.12. The van der Waals surface area contributed by atoms with Crippen molar-refractivity contribution in [3.63, 3.8) is 0 Å².